The molecule has 0 fully saturated rings. The molecule has 3 aromatic carbocycles. The first-order valence-electron chi connectivity index (χ1n) is 9.67. The van der Waals surface area contributed by atoms with Gasteiger partial charge in [-0.15, -0.1) is 10.2 Å². The predicted octanol–water partition coefficient (Wildman–Crippen LogP) is 3.98. The third-order valence-corrected chi connectivity index (χ3v) is 5.00. The summed E-state index contributed by atoms with van der Waals surface area (Å²) in [5.74, 6) is -0.820. The summed E-state index contributed by atoms with van der Waals surface area (Å²) in [6.45, 7) is 0. The predicted molar refractivity (Wildman–Crippen MR) is 120 cm³/mol. The number of aromatic hydroxyl groups is 1. The molecule has 0 spiro atoms. The summed E-state index contributed by atoms with van der Waals surface area (Å²) in [7, 11) is 0. The van der Waals surface area contributed by atoms with Crippen LogP contribution < -0.4 is 11.0 Å². The maximum absolute atomic E-state index is 13.0. The summed E-state index contributed by atoms with van der Waals surface area (Å²) in [5.41, 5.74) is 1.45. The number of hydrogen-bond donors (Lipinski definition) is 5. The second-order valence-corrected chi connectivity index (χ2v) is 7.08. The molecule has 0 aliphatic rings. The number of anilines is 1. The maximum Gasteiger partial charge on any atom is 0.323 e. The van der Waals surface area contributed by atoms with Crippen molar-refractivity contribution in [2.75, 3.05) is 5.32 Å². The second kappa shape index (κ2) is 7.78. The lowest BCUT2D eigenvalue weighted by Crippen LogP contribution is -2.12. The number of phenols is 1. The van der Waals surface area contributed by atoms with E-state index in [2.05, 4.69) is 35.7 Å². The first kappa shape index (κ1) is 19.7. The number of amides is 1. The highest BCUT2D eigenvalue weighted by molar-refractivity contribution is 6.12. The molecule has 5 aromatic rings. The Morgan fingerprint density at radius 3 is 2.76 bits per heavy atom. The van der Waals surface area contributed by atoms with E-state index in [1.807, 2.05) is 6.07 Å². The first-order chi connectivity index (χ1) is 16.0. The van der Waals surface area contributed by atoms with Gasteiger partial charge in [-0.3, -0.25) is 9.89 Å². The summed E-state index contributed by atoms with van der Waals surface area (Å²) in [4.78, 5) is 29.7. The highest BCUT2D eigenvalue weighted by Gasteiger charge is 2.19. The smallest absolute Gasteiger partial charge is 0.323 e. The highest BCUT2D eigenvalue weighted by atomic mass is 16.3. The molecule has 0 unspecified atom stereocenters. The van der Waals surface area contributed by atoms with Gasteiger partial charge in [-0.05, 0) is 29.7 Å². The summed E-state index contributed by atoms with van der Waals surface area (Å²) >= 11 is 0. The zero-order valence-corrected chi connectivity index (χ0v) is 16.7. The largest absolute Gasteiger partial charge is 0.505 e. The number of nitriles is 1. The summed E-state index contributed by atoms with van der Waals surface area (Å²) in [6.07, 6.45) is 1.31. The molecule has 0 saturated heterocycles. The number of fused-ring (bicyclic) bond motifs is 2. The average Bonchev–Trinajstić information content (AvgIpc) is 3.42. The number of phenolic OH excluding ortho intramolecular Hbond substituents is 1. The van der Waals surface area contributed by atoms with E-state index in [-0.39, 0.29) is 34.1 Å². The van der Waals surface area contributed by atoms with Gasteiger partial charge in [0.05, 0.1) is 22.8 Å². The molecule has 11 nitrogen and oxygen atoms in total. The number of nitrogens with zero attached hydrogens (tertiary/aromatic N) is 4. The van der Waals surface area contributed by atoms with E-state index in [0.717, 1.165) is 0 Å². The highest BCUT2D eigenvalue weighted by Crippen LogP contribution is 2.39. The van der Waals surface area contributed by atoms with E-state index in [1.54, 1.807) is 48.5 Å². The molecule has 160 valence electrons. The lowest BCUT2D eigenvalue weighted by atomic mass is 10.0. The van der Waals surface area contributed by atoms with Crippen LogP contribution >= 0.6 is 0 Å². The third-order valence-electron chi connectivity index (χ3n) is 5.00. The number of benzene rings is 3. The number of carbonyl (C=O) groups is 1. The Bertz CT molecular complexity index is 1670. The van der Waals surface area contributed by atoms with Crippen LogP contribution in [0.4, 0.5) is 17.2 Å². The van der Waals surface area contributed by atoms with E-state index < -0.39 is 5.91 Å². The van der Waals surface area contributed by atoms with Crippen molar-refractivity contribution in [1.82, 2.24) is 20.2 Å². The number of carbonyl (C=O) groups excluding carboxylic acids is 1. The Morgan fingerprint density at radius 2 is 1.91 bits per heavy atom. The van der Waals surface area contributed by atoms with Crippen LogP contribution in [0.25, 0.3) is 21.8 Å². The fourth-order valence-electron chi connectivity index (χ4n) is 3.44. The molecule has 0 radical (unpaired) electrons. The van der Waals surface area contributed by atoms with Crippen molar-refractivity contribution < 1.29 is 9.90 Å². The van der Waals surface area contributed by atoms with E-state index >= 15 is 0 Å². The molecule has 33 heavy (non-hydrogen) atoms. The lowest BCUT2D eigenvalue weighted by molar-refractivity contribution is 0.102. The quantitative estimate of drug-likeness (QED) is 0.266. The Kier molecular flexibility index (Phi) is 4.65. The van der Waals surface area contributed by atoms with Crippen molar-refractivity contribution in [2.24, 2.45) is 10.2 Å². The Balaban J connectivity index is 1.56. The van der Waals surface area contributed by atoms with E-state index in [1.165, 1.54) is 6.20 Å². The number of aromatic amines is 3. The van der Waals surface area contributed by atoms with Crippen LogP contribution in [-0.2, 0) is 0 Å². The van der Waals surface area contributed by atoms with Gasteiger partial charge >= 0.3 is 5.69 Å². The van der Waals surface area contributed by atoms with E-state index in [4.69, 9.17) is 5.26 Å². The summed E-state index contributed by atoms with van der Waals surface area (Å²) < 4.78 is 0. The van der Waals surface area contributed by atoms with Crippen LogP contribution in [0, 0.1) is 11.3 Å². The van der Waals surface area contributed by atoms with Gasteiger partial charge in [-0.2, -0.15) is 10.4 Å². The second-order valence-electron chi connectivity index (χ2n) is 7.08. The van der Waals surface area contributed by atoms with Crippen LogP contribution in [0.2, 0.25) is 0 Å². The normalized spacial score (nSPS) is 11.2. The standard InChI is InChI=1S/C22H14N8O3/c23-9-12-10-24-29-20(12)30-28-18-14-4-2-1-3-11(14)7-15(19(18)31)21(32)25-13-5-6-16-17(8-13)27-22(33)26-16/h1-8,10,31H,(H,24,29)(H,25,32)(H2,26,27,33). The Labute approximate surface area is 184 Å². The van der Waals surface area contributed by atoms with Crippen LogP contribution in [0.5, 0.6) is 5.75 Å². The molecular formula is C22H14N8O3. The minimum absolute atomic E-state index is 0.0181. The van der Waals surface area contributed by atoms with Crippen LogP contribution in [0.3, 0.4) is 0 Å². The van der Waals surface area contributed by atoms with Crippen molar-refractivity contribution in [3.8, 4) is 11.8 Å². The zero-order chi connectivity index (χ0) is 22.9. The topological polar surface area (TPSA) is 175 Å². The van der Waals surface area contributed by atoms with Crippen molar-refractivity contribution >= 4 is 44.9 Å². The number of hydrogen-bond acceptors (Lipinski definition) is 7. The van der Waals surface area contributed by atoms with Crippen molar-refractivity contribution in [1.29, 1.82) is 5.26 Å². The van der Waals surface area contributed by atoms with Gasteiger partial charge in [0.2, 0.25) is 0 Å². The first-order valence-corrected chi connectivity index (χ1v) is 9.67. The third kappa shape index (κ3) is 3.57. The number of imidazole rings is 1. The van der Waals surface area contributed by atoms with Gasteiger partial charge in [-0.25, -0.2) is 4.79 Å². The monoisotopic (exact) mass is 438 g/mol. The van der Waals surface area contributed by atoms with Crippen molar-refractivity contribution in [3.63, 3.8) is 0 Å². The molecular weight excluding hydrogens is 424 g/mol. The van der Waals surface area contributed by atoms with Crippen LogP contribution in [0.1, 0.15) is 15.9 Å². The molecule has 1 amide bonds. The number of nitrogens with one attached hydrogen (secondary N) is 4. The molecule has 11 heteroatoms. The molecule has 0 aliphatic heterocycles. The van der Waals surface area contributed by atoms with Gasteiger partial charge in [0.15, 0.2) is 11.6 Å². The molecule has 0 atom stereocenters. The lowest BCUT2D eigenvalue weighted by Gasteiger charge is -2.11. The maximum atomic E-state index is 13.0. The number of azo groups is 1. The zero-order valence-electron chi connectivity index (χ0n) is 16.7. The van der Waals surface area contributed by atoms with Gasteiger partial charge in [-0.1, -0.05) is 24.3 Å². The summed E-state index contributed by atoms with van der Waals surface area (Å²) in [6, 6.07) is 15.4. The molecule has 0 aliphatic carbocycles. The molecule has 2 heterocycles. The van der Waals surface area contributed by atoms with Gasteiger partial charge in [0.25, 0.3) is 5.91 Å². The number of rotatable bonds is 4. The van der Waals surface area contributed by atoms with Crippen molar-refractivity contribution in [3.05, 3.63) is 76.3 Å². The number of aromatic nitrogens is 4. The van der Waals surface area contributed by atoms with Gasteiger partial charge in [0, 0.05) is 11.1 Å². The van der Waals surface area contributed by atoms with Gasteiger partial charge in [0.1, 0.15) is 17.3 Å². The molecule has 0 saturated carbocycles. The molecule has 5 N–H and O–H groups in total. The minimum atomic E-state index is -0.578. The minimum Gasteiger partial charge on any atom is -0.505 e. The van der Waals surface area contributed by atoms with Crippen molar-refractivity contribution in [2.45, 2.75) is 0 Å². The SMILES string of the molecule is N#Cc1cn[nH]c1N=Nc1c(O)c(C(=O)Nc2ccc3[nH]c(=O)[nH]c3c2)cc2ccccc12. The molecule has 0 bridgehead atoms. The molecule has 2 aromatic heterocycles. The fourth-order valence-corrected chi connectivity index (χ4v) is 3.44. The summed E-state index contributed by atoms with van der Waals surface area (Å²) in [5, 5.41) is 38.4. The van der Waals surface area contributed by atoms with Crippen LogP contribution in [0.15, 0.2) is 69.8 Å². The van der Waals surface area contributed by atoms with E-state index in [0.29, 0.717) is 27.5 Å². The van der Waals surface area contributed by atoms with Gasteiger partial charge < -0.3 is 20.4 Å². The number of H-pyrrole nitrogens is 3. The average molecular weight is 438 g/mol. The Morgan fingerprint density at radius 1 is 1.09 bits per heavy atom. The Hall–Kier alpha value is -5.24. The van der Waals surface area contributed by atoms with Crippen LogP contribution in [-0.4, -0.2) is 31.2 Å². The molecule has 5 rings (SSSR count). The fraction of sp³-hybridized carbons (Fsp3) is 0. The van der Waals surface area contributed by atoms with E-state index in [9.17, 15) is 14.7 Å².